The van der Waals surface area contributed by atoms with Crippen LogP contribution in [-0.4, -0.2) is 36.8 Å². The maximum atomic E-state index is 12.4. The molecule has 6 heteroatoms. The van der Waals surface area contributed by atoms with Crippen molar-refractivity contribution < 1.29 is 19.4 Å². The Kier molecular flexibility index (Phi) is 6.33. The lowest BCUT2D eigenvalue weighted by molar-refractivity contribution is -0.121. The molecule has 2 aromatic rings. The van der Waals surface area contributed by atoms with Crippen molar-refractivity contribution in [2.75, 3.05) is 18.6 Å². The molecule has 2 N–H and O–H groups in total. The topological polar surface area (TPSA) is 78.9 Å². The highest BCUT2D eigenvalue weighted by Crippen LogP contribution is 2.12. The highest BCUT2D eigenvalue weighted by atomic mass is 16.5. The summed E-state index contributed by atoms with van der Waals surface area (Å²) in [5.74, 6) is -0.430. The molecule has 0 heterocycles. The van der Waals surface area contributed by atoms with E-state index in [0.717, 1.165) is 5.56 Å². The van der Waals surface area contributed by atoms with Gasteiger partial charge in [0.15, 0.2) is 0 Å². The van der Waals surface area contributed by atoms with E-state index in [2.05, 4.69) is 5.32 Å². The van der Waals surface area contributed by atoms with E-state index >= 15 is 0 Å². The molecule has 2 amide bonds. The molecule has 24 heavy (non-hydrogen) atoms. The van der Waals surface area contributed by atoms with Crippen LogP contribution in [0.4, 0.5) is 10.5 Å². The van der Waals surface area contributed by atoms with E-state index in [4.69, 9.17) is 4.74 Å². The van der Waals surface area contributed by atoms with E-state index in [-0.39, 0.29) is 6.61 Å². The number of alkyl carbamates (subject to hydrolysis) is 1. The minimum Gasteiger partial charge on any atom is -0.445 e. The fourth-order valence-corrected chi connectivity index (χ4v) is 2.11. The van der Waals surface area contributed by atoms with E-state index in [9.17, 15) is 14.7 Å². The van der Waals surface area contributed by atoms with E-state index in [1.165, 1.54) is 4.90 Å². The number of nitrogens with zero attached hydrogens (tertiary/aromatic N) is 1. The Morgan fingerprint density at radius 3 is 2.25 bits per heavy atom. The van der Waals surface area contributed by atoms with E-state index in [1.807, 2.05) is 36.4 Å². The first-order valence-electron chi connectivity index (χ1n) is 7.52. The first-order valence-corrected chi connectivity index (χ1v) is 7.52. The predicted molar refractivity (Wildman–Crippen MR) is 90.5 cm³/mol. The monoisotopic (exact) mass is 328 g/mol. The summed E-state index contributed by atoms with van der Waals surface area (Å²) < 4.78 is 5.06. The molecular formula is C18H20N2O4. The summed E-state index contributed by atoms with van der Waals surface area (Å²) in [6, 6.07) is 17.1. The molecule has 0 aromatic heterocycles. The molecule has 0 saturated heterocycles. The molecule has 6 nitrogen and oxygen atoms in total. The lowest BCUT2D eigenvalue weighted by atomic mass is 10.2. The largest absolute Gasteiger partial charge is 0.445 e. The van der Waals surface area contributed by atoms with Crippen LogP contribution in [0.25, 0.3) is 0 Å². The molecule has 1 atom stereocenters. The normalized spacial score (nSPS) is 11.4. The number of likely N-dealkylation sites (N-methyl/N-ethyl adjacent to an activating group) is 1. The molecular weight excluding hydrogens is 308 g/mol. The lowest BCUT2D eigenvalue weighted by Crippen LogP contribution is -2.49. The number of hydrogen-bond acceptors (Lipinski definition) is 4. The molecule has 0 spiro atoms. The molecule has 126 valence electrons. The second-order valence-electron chi connectivity index (χ2n) is 5.17. The van der Waals surface area contributed by atoms with Gasteiger partial charge in [-0.25, -0.2) is 4.79 Å². The number of para-hydroxylation sites is 1. The smallest absolute Gasteiger partial charge is 0.408 e. The van der Waals surface area contributed by atoms with Crippen LogP contribution in [0.2, 0.25) is 0 Å². The molecule has 0 aliphatic rings. The molecule has 0 fully saturated rings. The molecule has 0 saturated carbocycles. The summed E-state index contributed by atoms with van der Waals surface area (Å²) in [6.07, 6.45) is -0.757. The van der Waals surface area contributed by atoms with Gasteiger partial charge >= 0.3 is 6.09 Å². The lowest BCUT2D eigenvalue weighted by Gasteiger charge is -2.23. The number of anilines is 1. The van der Waals surface area contributed by atoms with Crippen molar-refractivity contribution in [3.05, 3.63) is 66.2 Å². The Morgan fingerprint density at radius 2 is 1.67 bits per heavy atom. The number of rotatable bonds is 6. The zero-order chi connectivity index (χ0) is 17.4. The summed E-state index contributed by atoms with van der Waals surface area (Å²) in [4.78, 5) is 25.6. The summed E-state index contributed by atoms with van der Waals surface area (Å²) in [5, 5.41) is 11.8. The quantitative estimate of drug-likeness (QED) is 0.849. The van der Waals surface area contributed by atoms with Crippen LogP contribution in [0.1, 0.15) is 5.56 Å². The number of amides is 2. The van der Waals surface area contributed by atoms with Gasteiger partial charge < -0.3 is 20.1 Å². The van der Waals surface area contributed by atoms with Crippen LogP contribution in [0.15, 0.2) is 60.7 Å². The number of carbonyl (C=O) groups is 2. The van der Waals surface area contributed by atoms with E-state index in [0.29, 0.717) is 5.69 Å². The van der Waals surface area contributed by atoms with Crippen molar-refractivity contribution in [3.63, 3.8) is 0 Å². The minimum atomic E-state index is -1.07. The Bertz CT molecular complexity index is 661. The summed E-state index contributed by atoms with van der Waals surface area (Å²) >= 11 is 0. The van der Waals surface area contributed by atoms with Gasteiger partial charge in [0.1, 0.15) is 12.6 Å². The third-order valence-corrected chi connectivity index (χ3v) is 3.46. The fourth-order valence-electron chi connectivity index (χ4n) is 2.11. The van der Waals surface area contributed by atoms with Gasteiger partial charge in [-0.2, -0.15) is 0 Å². The van der Waals surface area contributed by atoms with Gasteiger partial charge in [0.05, 0.1) is 6.61 Å². The first kappa shape index (κ1) is 17.5. The molecule has 2 rings (SSSR count). The molecule has 1 unspecified atom stereocenters. The summed E-state index contributed by atoms with van der Waals surface area (Å²) in [6.45, 7) is -0.427. The van der Waals surface area contributed by atoms with Gasteiger partial charge in [-0.05, 0) is 17.7 Å². The predicted octanol–water partition coefficient (Wildman–Crippen LogP) is 1.94. The van der Waals surface area contributed by atoms with Gasteiger partial charge in [-0.1, -0.05) is 48.5 Å². The zero-order valence-electron chi connectivity index (χ0n) is 13.4. The van der Waals surface area contributed by atoms with Crippen molar-refractivity contribution >= 4 is 17.7 Å². The summed E-state index contributed by atoms with van der Waals surface area (Å²) in [5.41, 5.74) is 1.50. The van der Waals surface area contributed by atoms with Crippen LogP contribution >= 0.6 is 0 Å². The number of benzene rings is 2. The third kappa shape index (κ3) is 4.82. The summed E-state index contributed by atoms with van der Waals surface area (Å²) in [7, 11) is 1.58. The van der Waals surface area contributed by atoms with Gasteiger partial charge in [0.2, 0.25) is 0 Å². The van der Waals surface area contributed by atoms with Crippen LogP contribution in [-0.2, 0) is 16.1 Å². The molecule has 0 bridgehead atoms. The van der Waals surface area contributed by atoms with Crippen molar-refractivity contribution in [2.24, 2.45) is 0 Å². The average Bonchev–Trinajstić information content (AvgIpc) is 2.64. The van der Waals surface area contributed by atoms with Crippen molar-refractivity contribution in [1.29, 1.82) is 0 Å². The standard InChI is InChI=1S/C18H20N2O4/c1-20(15-10-6-3-7-11-15)17(22)16(12-21)19-18(23)24-13-14-8-4-2-5-9-14/h2-11,16,21H,12-13H2,1H3,(H,19,23). The maximum absolute atomic E-state index is 12.4. The zero-order valence-corrected chi connectivity index (χ0v) is 13.4. The van der Waals surface area contributed by atoms with Gasteiger partial charge in [0, 0.05) is 12.7 Å². The third-order valence-electron chi connectivity index (χ3n) is 3.46. The average molecular weight is 328 g/mol. The van der Waals surface area contributed by atoms with Crippen molar-refractivity contribution in [3.8, 4) is 0 Å². The molecule has 0 aliphatic heterocycles. The number of carbonyl (C=O) groups excluding carboxylic acids is 2. The fraction of sp³-hybridized carbons (Fsp3) is 0.222. The molecule has 0 aliphatic carbocycles. The Morgan fingerprint density at radius 1 is 1.08 bits per heavy atom. The number of nitrogens with one attached hydrogen (secondary N) is 1. The highest BCUT2D eigenvalue weighted by molar-refractivity contribution is 5.98. The maximum Gasteiger partial charge on any atom is 0.408 e. The van der Waals surface area contributed by atoms with Crippen LogP contribution < -0.4 is 10.2 Å². The molecule has 0 radical (unpaired) electrons. The van der Waals surface area contributed by atoms with Gasteiger partial charge in [0.25, 0.3) is 5.91 Å². The Hall–Kier alpha value is -2.86. The van der Waals surface area contributed by atoms with E-state index < -0.39 is 24.6 Å². The number of aliphatic hydroxyl groups is 1. The first-order chi connectivity index (χ1) is 11.6. The Balaban J connectivity index is 1.90. The second-order valence-corrected chi connectivity index (χ2v) is 5.17. The molecule has 2 aromatic carbocycles. The van der Waals surface area contributed by atoms with Crippen molar-refractivity contribution in [1.82, 2.24) is 5.32 Å². The van der Waals surface area contributed by atoms with Crippen molar-refractivity contribution in [2.45, 2.75) is 12.6 Å². The van der Waals surface area contributed by atoms with Gasteiger partial charge in [-0.3, -0.25) is 4.79 Å². The van der Waals surface area contributed by atoms with Crippen LogP contribution in [0.3, 0.4) is 0 Å². The van der Waals surface area contributed by atoms with Gasteiger partial charge in [-0.15, -0.1) is 0 Å². The Labute approximate surface area is 140 Å². The number of ether oxygens (including phenoxy) is 1. The van der Waals surface area contributed by atoms with E-state index in [1.54, 1.807) is 31.3 Å². The second kappa shape index (κ2) is 8.69. The SMILES string of the molecule is CN(C(=O)C(CO)NC(=O)OCc1ccccc1)c1ccccc1. The minimum absolute atomic E-state index is 0.0908. The van der Waals surface area contributed by atoms with Crippen LogP contribution in [0.5, 0.6) is 0 Å². The highest BCUT2D eigenvalue weighted by Gasteiger charge is 2.24. The number of hydrogen-bond donors (Lipinski definition) is 2. The number of aliphatic hydroxyl groups excluding tert-OH is 1. The van der Waals surface area contributed by atoms with Crippen LogP contribution in [0, 0.1) is 0 Å².